The van der Waals surface area contributed by atoms with Crippen LogP contribution in [0.25, 0.3) is 0 Å². The summed E-state index contributed by atoms with van der Waals surface area (Å²) in [5.74, 6) is 0.295. The van der Waals surface area contributed by atoms with Gasteiger partial charge in [0.05, 0.1) is 6.54 Å². The summed E-state index contributed by atoms with van der Waals surface area (Å²) in [7, 11) is 0. The minimum atomic E-state index is -1.11. The van der Waals surface area contributed by atoms with Crippen LogP contribution in [0, 0.1) is 6.92 Å². The predicted molar refractivity (Wildman–Crippen MR) is 55.4 cm³/mol. The van der Waals surface area contributed by atoms with Crippen LogP contribution in [0.1, 0.15) is 22.2 Å². The van der Waals surface area contributed by atoms with E-state index in [2.05, 4.69) is 25.7 Å². The van der Waals surface area contributed by atoms with E-state index in [1.165, 1.54) is 12.1 Å². The van der Waals surface area contributed by atoms with Crippen molar-refractivity contribution >= 4 is 11.8 Å². The van der Waals surface area contributed by atoms with E-state index in [-0.39, 0.29) is 5.69 Å². The van der Waals surface area contributed by atoms with Gasteiger partial charge in [0, 0.05) is 0 Å². The summed E-state index contributed by atoms with van der Waals surface area (Å²) < 4.78 is 4.88. The fourth-order valence-electron chi connectivity index (χ4n) is 1.12. The van der Waals surface area contributed by atoms with Gasteiger partial charge in [-0.15, -0.1) is 10.2 Å². The van der Waals surface area contributed by atoms with E-state index in [4.69, 9.17) is 9.63 Å². The number of rotatable bonds is 4. The molecule has 2 rings (SSSR count). The number of aromatic nitrogens is 4. The largest absolute Gasteiger partial charge is 0.476 e. The zero-order valence-corrected chi connectivity index (χ0v) is 8.91. The van der Waals surface area contributed by atoms with Crippen molar-refractivity contribution in [3.8, 4) is 0 Å². The number of aryl methyl sites for hydroxylation is 1. The van der Waals surface area contributed by atoms with Gasteiger partial charge in [0.2, 0.25) is 5.89 Å². The predicted octanol–water partition coefficient (Wildman–Crippen LogP) is 0.478. The van der Waals surface area contributed by atoms with Gasteiger partial charge in [0.15, 0.2) is 11.5 Å². The van der Waals surface area contributed by atoms with E-state index in [1.807, 2.05) is 0 Å². The maximum Gasteiger partial charge on any atom is 0.356 e. The molecule has 0 saturated carbocycles. The van der Waals surface area contributed by atoms with E-state index in [1.54, 1.807) is 6.92 Å². The maximum atomic E-state index is 10.5. The van der Waals surface area contributed by atoms with Gasteiger partial charge in [0.1, 0.15) is 5.82 Å². The summed E-state index contributed by atoms with van der Waals surface area (Å²) in [6.45, 7) is 2.02. The Balaban J connectivity index is 1.97. The van der Waals surface area contributed by atoms with Crippen molar-refractivity contribution < 1.29 is 14.4 Å². The number of aromatic carboxylic acids is 1. The minimum absolute atomic E-state index is 0.107. The molecule has 2 aromatic rings. The molecule has 2 N–H and O–H groups in total. The molecule has 0 aromatic carbocycles. The SMILES string of the molecule is Cc1noc(CNc2ccc(C(=O)O)nn2)n1. The number of carboxylic acids is 1. The fourth-order valence-corrected chi connectivity index (χ4v) is 1.12. The minimum Gasteiger partial charge on any atom is -0.476 e. The van der Waals surface area contributed by atoms with Crippen molar-refractivity contribution in [3.05, 3.63) is 29.5 Å². The normalized spacial score (nSPS) is 10.2. The Kier molecular flexibility index (Phi) is 2.95. The number of hydrogen-bond acceptors (Lipinski definition) is 7. The smallest absolute Gasteiger partial charge is 0.356 e. The van der Waals surface area contributed by atoms with Crippen LogP contribution in [0.3, 0.4) is 0 Å². The molecule has 2 aromatic heterocycles. The number of hydrogen-bond donors (Lipinski definition) is 2. The lowest BCUT2D eigenvalue weighted by atomic mass is 10.4. The Morgan fingerprint density at radius 1 is 1.47 bits per heavy atom. The first-order chi connectivity index (χ1) is 8.15. The summed E-state index contributed by atoms with van der Waals surface area (Å²) in [5.41, 5.74) is -0.107. The topological polar surface area (TPSA) is 114 Å². The standard InChI is InChI=1S/C9H9N5O3/c1-5-11-8(17-14-5)4-10-7-3-2-6(9(15)16)12-13-7/h2-3H,4H2,1H3,(H,10,13)(H,15,16). The van der Waals surface area contributed by atoms with Gasteiger partial charge in [-0.3, -0.25) is 0 Å². The summed E-state index contributed by atoms with van der Waals surface area (Å²) >= 11 is 0. The zero-order valence-electron chi connectivity index (χ0n) is 8.91. The number of anilines is 1. The van der Waals surface area contributed by atoms with Crippen LogP contribution < -0.4 is 5.32 Å². The third-order valence-corrected chi connectivity index (χ3v) is 1.87. The molecule has 8 heteroatoms. The van der Waals surface area contributed by atoms with Crippen molar-refractivity contribution in [2.45, 2.75) is 13.5 Å². The molecular formula is C9H9N5O3. The number of nitrogens with one attached hydrogen (secondary N) is 1. The Morgan fingerprint density at radius 2 is 2.29 bits per heavy atom. The lowest BCUT2D eigenvalue weighted by molar-refractivity contribution is 0.0689. The first kappa shape index (κ1) is 11.0. The second-order valence-electron chi connectivity index (χ2n) is 3.20. The van der Waals surface area contributed by atoms with Gasteiger partial charge >= 0.3 is 5.97 Å². The average Bonchev–Trinajstić information content (AvgIpc) is 2.73. The molecule has 0 aliphatic carbocycles. The van der Waals surface area contributed by atoms with Crippen molar-refractivity contribution in [2.75, 3.05) is 5.32 Å². The summed E-state index contributed by atoms with van der Waals surface area (Å²) in [6, 6.07) is 2.87. The highest BCUT2D eigenvalue weighted by Crippen LogP contribution is 2.04. The van der Waals surface area contributed by atoms with E-state index >= 15 is 0 Å². The highest BCUT2D eigenvalue weighted by atomic mass is 16.5. The van der Waals surface area contributed by atoms with E-state index in [9.17, 15) is 4.79 Å². The number of carbonyl (C=O) groups is 1. The molecule has 0 aliphatic rings. The van der Waals surface area contributed by atoms with Crippen LogP contribution in [0.2, 0.25) is 0 Å². The maximum absolute atomic E-state index is 10.5. The molecule has 0 amide bonds. The third-order valence-electron chi connectivity index (χ3n) is 1.87. The van der Waals surface area contributed by atoms with Gasteiger partial charge in [-0.05, 0) is 19.1 Å². The Morgan fingerprint density at radius 3 is 2.82 bits per heavy atom. The molecule has 0 unspecified atom stereocenters. The third kappa shape index (κ3) is 2.74. The van der Waals surface area contributed by atoms with Gasteiger partial charge in [-0.25, -0.2) is 4.79 Å². The van der Waals surface area contributed by atoms with E-state index in [0.29, 0.717) is 24.1 Å². The van der Waals surface area contributed by atoms with Crippen LogP contribution in [-0.4, -0.2) is 31.4 Å². The van der Waals surface area contributed by atoms with Crippen LogP contribution in [-0.2, 0) is 6.54 Å². The highest BCUT2D eigenvalue weighted by Gasteiger charge is 2.06. The molecule has 2 heterocycles. The number of nitrogens with zero attached hydrogens (tertiary/aromatic N) is 4. The fraction of sp³-hybridized carbons (Fsp3) is 0.222. The summed E-state index contributed by atoms with van der Waals surface area (Å²) in [4.78, 5) is 14.5. The molecule has 0 saturated heterocycles. The Labute approximate surface area is 95.7 Å². The van der Waals surface area contributed by atoms with Gasteiger partial charge in [-0.1, -0.05) is 5.16 Å². The molecule has 0 atom stereocenters. The molecule has 8 nitrogen and oxygen atoms in total. The Bertz CT molecular complexity index is 522. The molecule has 0 fully saturated rings. The Hall–Kier alpha value is -2.51. The second-order valence-corrected chi connectivity index (χ2v) is 3.20. The van der Waals surface area contributed by atoms with Crippen molar-refractivity contribution in [3.63, 3.8) is 0 Å². The summed E-state index contributed by atoms with van der Waals surface area (Å²) in [5, 5.41) is 22.3. The molecule has 17 heavy (non-hydrogen) atoms. The van der Waals surface area contributed by atoms with E-state index in [0.717, 1.165) is 0 Å². The van der Waals surface area contributed by atoms with Gasteiger partial charge in [-0.2, -0.15) is 4.98 Å². The lowest BCUT2D eigenvalue weighted by Gasteiger charge is -2.00. The molecule has 0 radical (unpaired) electrons. The monoisotopic (exact) mass is 235 g/mol. The molecular weight excluding hydrogens is 226 g/mol. The molecule has 88 valence electrons. The van der Waals surface area contributed by atoms with Crippen LogP contribution >= 0.6 is 0 Å². The van der Waals surface area contributed by atoms with Crippen molar-refractivity contribution in [1.29, 1.82) is 0 Å². The van der Waals surface area contributed by atoms with Crippen LogP contribution in [0.4, 0.5) is 5.82 Å². The quantitative estimate of drug-likeness (QED) is 0.786. The van der Waals surface area contributed by atoms with Crippen molar-refractivity contribution in [1.82, 2.24) is 20.3 Å². The first-order valence-electron chi connectivity index (χ1n) is 4.75. The zero-order chi connectivity index (χ0) is 12.3. The molecule has 0 bridgehead atoms. The highest BCUT2D eigenvalue weighted by molar-refractivity contribution is 5.85. The second kappa shape index (κ2) is 4.56. The van der Waals surface area contributed by atoms with Gasteiger partial charge in [0.25, 0.3) is 0 Å². The lowest BCUT2D eigenvalue weighted by Crippen LogP contribution is -2.06. The first-order valence-corrected chi connectivity index (χ1v) is 4.75. The van der Waals surface area contributed by atoms with Gasteiger partial charge < -0.3 is 14.9 Å². The number of carboxylic acid groups (broad SMARTS) is 1. The van der Waals surface area contributed by atoms with Crippen LogP contribution in [0.5, 0.6) is 0 Å². The average molecular weight is 235 g/mol. The van der Waals surface area contributed by atoms with E-state index < -0.39 is 5.97 Å². The van der Waals surface area contributed by atoms with Crippen molar-refractivity contribution in [2.24, 2.45) is 0 Å². The summed E-state index contributed by atoms with van der Waals surface area (Å²) in [6.07, 6.45) is 0. The molecule has 0 spiro atoms. The van der Waals surface area contributed by atoms with Crippen LogP contribution in [0.15, 0.2) is 16.7 Å². The molecule has 0 aliphatic heterocycles.